The summed E-state index contributed by atoms with van der Waals surface area (Å²) in [5.41, 5.74) is 2.13. The minimum Gasteiger partial charge on any atom is -0.372 e. The number of nitrogens with one attached hydrogen (secondary N) is 1. The van der Waals surface area contributed by atoms with Crippen LogP contribution in [0.15, 0.2) is 46.4 Å². The monoisotopic (exact) mass is 267 g/mol. The highest BCUT2D eigenvalue weighted by atomic mass is 32.1. The van der Waals surface area contributed by atoms with E-state index in [0.29, 0.717) is 0 Å². The van der Waals surface area contributed by atoms with Crippen molar-refractivity contribution < 1.29 is 0 Å². The molecule has 0 spiro atoms. The largest absolute Gasteiger partial charge is 0.372 e. The molecule has 0 fully saturated rings. The van der Waals surface area contributed by atoms with Crippen LogP contribution in [0.2, 0.25) is 0 Å². The van der Waals surface area contributed by atoms with Crippen molar-refractivity contribution in [3.63, 3.8) is 0 Å². The van der Waals surface area contributed by atoms with Crippen molar-refractivity contribution in [3.8, 4) is 0 Å². The molecule has 0 aliphatic carbocycles. The Labute approximate surface area is 117 Å². The predicted molar refractivity (Wildman–Crippen MR) is 82.6 cm³/mol. The number of fused-ring (bicyclic) bond motifs is 1. The van der Waals surface area contributed by atoms with Crippen LogP contribution in [0.4, 0.5) is 5.69 Å². The summed E-state index contributed by atoms with van der Waals surface area (Å²) < 4.78 is 0. The van der Waals surface area contributed by atoms with Crippen molar-refractivity contribution in [2.75, 3.05) is 13.1 Å². The first-order valence-electron chi connectivity index (χ1n) is 6.24. The van der Waals surface area contributed by atoms with E-state index >= 15 is 0 Å². The van der Waals surface area contributed by atoms with Gasteiger partial charge in [0.15, 0.2) is 0 Å². The number of benzene rings is 2. The molecule has 0 atom stereocenters. The van der Waals surface area contributed by atoms with E-state index in [1.165, 1.54) is 10.9 Å². The van der Waals surface area contributed by atoms with Crippen LogP contribution in [-0.2, 0) is 6.42 Å². The molecule has 0 saturated carbocycles. The smallest absolute Gasteiger partial charge is 0.101 e. The summed E-state index contributed by atoms with van der Waals surface area (Å²) >= 11 is 4.70. The third kappa shape index (κ3) is 2.41. The van der Waals surface area contributed by atoms with Crippen molar-refractivity contribution in [2.24, 2.45) is 9.98 Å². The van der Waals surface area contributed by atoms with E-state index < -0.39 is 0 Å². The lowest BCUT2D eigenvalue weighted by Crippen LogP contribution is -2.20. The highest BCUT2D eigenvalue weighted by Crippen LogP contribution is 2.29. The van der Waals surface area contributed by atoms with Crippen LogP contribution in [0.5, 0.6) is 0 Å². The lowest BCUT2D eigenvalue weighted by molar-refractivity contribution is 0.954. The van der Waals surface area contributed by atoms with Gasteiger partial charge in [0.25, 0.3) is 0 Å². The zero-order valence-corrected chi connectivity index (χ0v) is 11.2. The molecular weight excluding hydrogens is 254 g/mol. The molecule has 0 radical (unpaired) electrons. The van der Waals surface area contributed by atoms with Gasteiger partial charge in [0.05, 0.1) is 17.4 Å². The van der Waals surface area contributed by atoms with Crippen LogP contribution >= 0.6 is 12.2 Å². The van der Waals surface area contributed by atoms with Crippen molar-refractivity contribution in [1.29, 1.82) is 0 Å². The van der Waals surface area contributed by atoms with E-state index in [4.69, 9.17) is 12.2 Å². The number of aliphatic imine (C=N–C) groups is 2. The maximum Gasteiger partial charge on any atom is 0.101 e. The normalized spacial score (nSPS) is 13.8. The average Bonchev–Trinajstić information content (AvgIpc) is 2.95. The van der Waals surface area contributed by atoms with Crippen LogP contribution in [0.3, 0.4) is 0 Å². The summed E-state index contributed by atoms with van der Waals surface area (Å²) in [6.07, 6.45) is 0.835. The highest BCUT2D eigenvalue weighted by molar-refractivity contribution is 7.78. The number of nitrogens with zero attached hydrogens (tertiary/aromatic N) is 2. The fraction of sp³-hybridized carbons (Fsp3) is 0.200. The summed E-state index contributed by atoms with van der Waals surface area (Å²) in [4.78, 5) is 8.58. The van der Waals surface area contributed by atoms with Gasteiger partial charge in [-0.3, -0.25) is 4.99 Å². The molecule has 0 amide bonds. The van der Waals surface area contributed by atoms with Crippen LogP contribution in [0.25, 0.3) is 10.8 Å². The highest BCUT2D eigenvalue weighted by Gasteiger charge is 2.10. The van der Waals surface area contributed by atoms with Gasteiger partial charge >= 0.3 is 0 Å². The fourth-order valence-electron chi connectivity index (χ4n) is 2.39. The van der Waals surface area contributed by atoms with Gasteiger partial charge < -0.3 is 5.32 Å². The first-order valence-corrected chi connectivity index (χ1v) is 6.65. The molecular formula is C15H13N3S. The Morgan fingerprint density at radius 1 is 1.21 bits per heavy atom. The quantitative estimate of drug-likeness (QED) is 0.685. The Balaban J connectivity index is 2.10. The SMILES string of the molecule is S=C=Nc1ccc(CC2=NCCN2)c2ccccc12. The van der Waals surface area contributed by atoms with E-state index in [2.05, 4.69) is 38.7 Å². The molecule has 1 N–H and O–H groups in total. The molecule has 94 valence electrons. The Morgan fingerprint density at radius 3 is 2.79 bits per heavy atom. The Bertz CT molecular complexity index is 700. The molecule has 0 unspecified atom stereocenters. The van der Waals surface area contributed by atoms with E-state index in [1.54, 1.807) is 0 Å². The van der Waals surface area contributed by atoms with Crippen molar-refractivity contribution in [1.82, 2.24) is 5.32 Å². The molecule has 1 aliphatic heterocycles. The van der Waals surface area contributed by atoms with Crippen LogP contribution < -0.4 is 5.32 Å². The molecule has 3 rings (SSSR count). The number of rotatable bonds is 3. The molecule has 1 heterocycles. The van der Waals surface area contributed by atoms with Crippen molar-refractivity contribution >= 4 is 39.7 Å². The zero-order chi connectivity index (χ0) is 13.1. The molecule has 0 saturated heterocycles. The first-order chi connectivity index (χ1) is 9.38. The van der Waals surface area contributed by atoms with Crippen LogP contribution in [-0.4, -0.2) is 24.1 Å². The molecule has 1 aliphatic rings. The third-order valence-electron chi connectivity index (χ3n) is 3.26. The second kappa shape index (κ2) is 5.31. The second-order valence-electron chi connectivity index (χ2n) is 4.42. The zero-order valence-electron chi connectivity index (χ0n) is 10.4. The van der Waals surface area contributed by atoms with Gasteiger partial charge in [-0.1, -0.05) is 30.3 Å². The number of thiocarbonyl (C=S) groups is 1. The molecule has 2 aromatic carbocycles. The summed E-state index contributed by atoms with van der Waals surface area (Å²) in [5.74, 6) is 1.07. The van der Waals surface area contributed by atoms with E-state index in [-0.39, 0.29) is 0 Å². The van der Waals surface area contributed by atoms with Crippen molar-refractivity contribution in [2.45, 2.75) is 6.42 Å². The minimum absolute atomic E-state index is 0.835. The lowest BCUT2D eigenvalue weighted by atomic mass is 10.0. The molecule has 19 heavy (non-hydrogen) atoms. The van der Waals surface area contributed by atoms with E-state index in [0.717, 1.165) is 36.4 Å². The first kappa shape index (κ1) is 12.0. The van der Waals surface area contributed by atoms with Gasteiger partial charge in [0, 0.05) is 18.4 Å². The van der Waals surface area contributed by atoms with Crippen molar-refractivity contribution in [3.05, 3.63) is 42.0 Å². The minimum atomic E-state index is 0.835. The van der Waals surface area contributed by atoms with Gasteiger partial charge in [0.1, 0.15) is 5.84 Å². The Kier molecular flexibility index (Phi) is 3.36. The maximum atomic E-state index is 4.70. The number of amidine groups is 1. The number of hydrogen-bond donors (Lipinski definition) is 1. The molecule has 0 aromatic heterocycles. The lowest BCUT2D eigenvalue weighted by Gasteiger charge is -2.08. The topological polar surface area (TPSA) is 36.8 Å². The van der Waals surface area contributed by atoms with Gasteiger partial charge in [-0.05, 0) is 29.2 Å². The maximum absolute atomic E-state index is 4.70. The van der Waals surface area contributed by atoms with Crippen LogP contribution in [0, 0.1) is 0 Å². The van der Waals surface area contributed by atoms with Gasteiger partial charge in [-0.15, -0.1) is 0 Å². The van der Waals surface area contributed by atoms with Gasteiger partial charge in [-0.2, -0.15) is 4.99 Å². The third-order valence-corrected chi connectivity index (χ3v) is 3.35. The fourth-order valence-corrected chi connectivity index (χ4v) is 2.49. The molecule has 0 bridgehead atoms. The predicted octanol–water partition coefficient (Wildman–Crippen LogP) is 3.12. The molecule has 4 heteroatoms. The summed E-state index contributed by atoms with van der Waals surface area (Å²) in [6, 6.07) is 12.3. The van der Waals surface area contributed by atoms with Crippen LogP contribution in [0.1, 0.15) is 5.56 Å². The van der Waals surface area contributed by atoms with Gasteiger partial charge in [0.2, 0.25) is 0 Å². The number of isothiocyanates is 1. The van der Waals surface area contributed by atoms with E-state index in [1.807, 2.05) is 18.2 Å². The molecule has 2 aromatic rings. The van der Waals surface area contributed by atoms with E-state index in [9.17, 15) is 0 Å². The van der Waals surface area contributed by atoms with Gasteiger partial charge in [-0.25, -0.2) is 0 Å². The summed E-state index contributed by atoms with van der Waals surface area (Å²) in [6.45, 7) is 1.82. The number of hydrogen-bond acceptors (Lipinski definition) is 4. The standard InChI is InChI=1S/C15H13N3S/c19-10-18-14-6-5-11(9-15-16-7-8-17-15)12-3-1-2-4-13(12)14/h1-6H,7-9H2,(H,16,17). The average molecular weight is 267 g/mol. The molecule has 3 nitrogen and oxygen atoms in total. The Morgan fingerprint density at radius 2 is 2.05 bits per heavy atom. The summed E-state index contributed by atoms with van der Waals surface area (Å²) in [5, 5.41) is 8.05. The Hall–Kier alpha value is -2.03. The summed E-state index contributed by atoms with van der Waals surface area (Å²) in [7, 11) is 0. The second-order valence-corrected chi connectivity index (χ2v) is 4.61.